The van der Waals surface area contributed by atoms with Gasteiger partial charge in [-0.3, -0.25) is 14.5 Å². The minimum atomic E-state index is -0.389. The number of alkyl carbamates (subject to hydrolysis) is 1. The Hall–Kier alpha value is -3.74. The van der Waals surface area contributed by atoms with E-state index in [9.17, 15) is 9.59 Å². The van der Waals surface area contributed by atoms with Gasteiger partial charge in [0.1, 0.15) is 24.5 Å². The van der Waals surface area contributed by atoms with Crippen molar-refractivity contribution in [2.75, 3.05) is 30.4 Å². The largest absolute Gasteiger partial charge is 0.446 e. The molecule has 1 saturated heterocycles. The number of likely N-dealkylation sites (N-methyl/N-ethyl adjacent to an activating group) is 1. The average molecular weight is 526 g/mol. The number of imidazole rings is 1. The lowest BCUT2D eigenvalue weighted by Gasteiger charge is -2.24. The van der Waals surface area contributed by atoms with Crippen molar-refractivity contribution >= 4 is 34.8 Å². The fourth-order valence-electron chi connectivity index (χ4n) is 5.10. The Labute approximate surface area is 220 Å². The second-order valence-electron chi connectivity index (χ2n) is 10.3. The van der Waals surface area contributed by atoms with Crippen LogP contribution in [-0.4, -0.2) is 74.1 Å². The van der Waals surface area contributed by atoms with Crippen molar-refractivity contribution < 1.29 is 19.1 Å². The van der Waals surface area contributed by atoms with Crippen LogP contribution in [0.3, 0.4) is 0 Å². The van der Waals surface area contributed by atoms with E-state index in [1.54, 1.807) is 18.3 Å². The van der Waals surface area contributed by atoms with Crippen molar-refractivity contribution in [2.24, 2.45) is 0 Å². The highest BCUT2D eigenvalue weighted by Gasteiger charge is 2.30. The zero-order valence-electron chi connectivity index (χ0n) is 22.0. The summed E-state index contributed by atoms with van der Waals surface area (Å²) in [6, 6.07) is 1.87. The molecule has 0 bridgehead atoms. The van der Waals surface area contributed by atoms with Crippen LogP contribution in [0.4, 0.5) is 16.4 Å². The molecule has 1 saturated carbocycles. The van der Waals surface area contributed by atoms with Gasteiger partial charge in [0.15, 0.2) is 17.0 Å². The Morgan fingerprint density at radius 1 is 1.24 bits per heavy atom. The van der Waals surface area contributed by atoms with E-state index in [4.69, 9.17) is 9.47 Å². The third-order valence-corrected chi connectivity index (χ3v) is 6.90. The number of nitrogens with zero attached hydrogens (tertiary/aromatic N) is 6. The van der Waals surface area contributed by atoms with Crippen molar-refractivity contribution in [3.05, 3.63) is 24.4 Å². The fourth-order valence-corrected chi connectivity index (χ4v) is 5.10. The van der Waals surface area contributed by atoms with Crippen LogP contribution >= 0.6 is 0 Å². The van der Waals surface area contributed by atoms with Crippen molar-refractivity contribution in [3.63, 3.8) is 0 Å². The number of H-pyrrole nitrogens is 1. The summed E-state index contributed by atoms with van der Waals surface area (Å²) in [5.74, 6) is 1.03. The molecule has 0 spiro atoms. The van der Waals surface area contributed by atoms with E-state index in [-0.39, 0.29) is 42.8 Å². The number of carbonyl (C=O) groups excluding carboxylic acids is 2. The Morgan fingerprint density at radius 3 is 2.89 bits per heavy atom. The van der Waals surface area contributed by atoms with Crippen molar-refractivity contribution in [2.45, 2.75) is 76.7 Å². The third kappa shape index (κ3) is 5.87. The standard InChI is InChI=1S/C25H35N9O4/c1-15(2)29-25(36)38-17-8-7-16(10-17)18-11-19(32-31-18)30-20(35)12-33(3)23-22-24(27-13-26-23)34(14-28-22)21-6-4-5-9-37-21/h11,13-17,21H,4-10,12H2,1-3H3,(H,29,36)(H2,30,31,32,35). The Bertz CT molecular complexity index is 1270. The van der Waals surface area contributed by atoms with Gasteiger partial charge in [-0.2, -0.15) is 5.10 Å². The predicted octanol–water partition coefficient (Wildman–Crippen LogP) is 3.09. The van der Waals surface area contributed by atoms with Crippen LogP contribution in [0.25, 0.3) is 11.2 Å². The molecule has 204 valence electrons. The Kier molecular flexibility index (Phi) is 7.72. The van der Waals surface area contributed by atoms with Gasteiger partial charge in [-0.15, -0.1) is 0 Å². The van der Waals surface area contributed by atoms with E-state index in [2.05, 4.69) is 35.8 Å². The molecule has 5 rings (SSSR count). The van der Waals surface area contributed by atoms with Crippen LogP contribution in [0.15, 0.2) is 18.7 Å². The number of fused-ring (bicyclic) bond motifs is 1. The minimum absolute atomic E-state index is 0.0325. The maximum absolute atomic E-state index is 12.8. The first kappa shape index (κ1) is 25.9. The average Bonchev–Trinajstić information content (AvgIpc) is 3.63. The molecule has 3 unspecified atom stereocenters. The highest BCUT2D eigenvalue weighted by atomic mass is 16.6. The van der Waals surface area contributed by atoms with E-state index >= 15 is 0 Å². The molecular weight excluding hydrogens is 490 g/mol. The Balaban J connectivity index is 1.17. The van der Waals surface area contributed by atoms with Gasteiger partial charge < -0.3 is 25.0 Å². The maximum atomic E-state index is 12.8. The molecule has 3 N–H and O–H groups in total. The number of hydrogen-bond acceptors (Lipinski definition) is 9. The molecule has 38 heavy (non-hydrogen) atoms. The number of amides is 2. The SMILES string of the molecule is CC(C)NC(=O)OC1CCC(c2cc(NC(=O)CN(C)c3ncnc4c3ncn4C3CCCCO3)[nH]n2)C1. The van der Waals surface area contributed by atoms with Crippen molar-refractivity contribution in [1.29, 1.82) is 0 Å². The van der Waals surface area contributed by atoms with E-state index in [1.807, 2.05) is 24.5 Å². The first-order valence-corrected chi connectivity index (χ1v) is 13.2. The lowest BCUT2D eigenvalue weighted by Crippen LogP contribution is -2.33. The molecule has 2 amide bonds. The van der Waals surface area contributed by atoms with Crippen molar-refractivity contribution in [1.82, 2.24) is 35.0 Å². The fraction of sp³-hybridized carbons (Fsp3) is 0.600. The predicted molar refractivity (Wildman–Crippen MR) is 140 cm³/mol. The highest BCUT2D eigenvalue weighted by Crippen LogP contribution is 2.36. The van der Waals surface area contributed by atoms with E-state index in [1.165, 1.54) is 6.33 Å². The Morgan fingerprint density at radius 2 is 2.11 bits per heavy atom. The molecule has 13 heteroatoms. The summed E-state index contributed by atoms with van der Waals surface area (Å²) in [6.45, 7) is 4.58. The molecule has 1 aliphatic heterocycles. The summed E-state index contributed by atoms with van der Waals surface area (Å²) in [7, 11) is 1.80. The number of anilines is 2. The monoisotopic (exact) mass is 525 g/mol. The van der Waals surface area contributed by atoms with Crippen LogP contribution < -0.4 is 15.5 Å². The number of carbonyl (C=O) groups is 2. The molecule has 2 fully saturated rings. The second kappa shape index (κ2) is 11.3. The normalized spacial score (nSPS) is 21.5. The van der Waals surface area contributed by atoms with Gasteiger partial charge in [0.05, 0.1) is 18.6 Å². The molecule has 0 radical (unpaired) electrons. The van der Waals surface area contributed by atoms with Crippen LogP contribution in [0.1, 0.15) is 70.2 Å². The number of nitrogens with one attached hydrogen (secondary N) is 3. The van der Waals surface area contributed by atoms with Crippen molar-refractivity contribution in [3.8, 4) is 0 Å². The molecule has 3 aromatic rings. The summed E-state index contributed by atoms with van der Waals surface area (Å²) in [5.41, 5.74) is 2.16. The van der Waals surface area contributed by atoms with Crippen LogP contribution in [0.5, 0.6) is 0 Å². The molecule has 0 aromatic carbocycles. The smallest absolute Gasteiger partial charge is 0.407 e. The molecule has 3 atom stereocenters. The summed E-state index contributed by atoms with van der Waals surface area (Å²) >= 11 is 0. The quantitative estimate of drug-likeness (QED) is 0.403. The van der Waals surface area contributed by atoms with Crippen LogP contribution in [0.2, 0.25) is 0 Å². The lowest BCUT2D eigenvalue weighted by molar-refractivity contribution is -0.115. The van der Waals surface area contributed by atoms with Gasteiger partial charge in [0.25, 0.3) is 0 Å². The van der Waals surface area contributed by atoms with Gasteiger partial charge in [-0.05, 0) is 52.4 Å². The first-order valence-electron chi connectivity index (χ1n) is 13.2. The molecule has 3 aromatic heterocycles. The van der Waals surface area contributed by atoms with E-state index in [0.717, 1.165) is 44.4 Å². The zero-order valence-corrected chi connectivity index (χ0v) is 22.0. The number of hydrogen-bond donors (Lipinski definition) is 3. The zero-order chi connectivity index (χ0) is 26.6. The minimum Gasteiger partial charge on any atom is -0.446 e. The summed E-state index contributed by atoms with van der Waals surface area (Å²) in [6.07, 6.45) is 8.03. The first-order chi connectivity index (χ1) is 18.4. The molecular formula is C25H35N9O4. The number of aromatic nitrogens is 6. The summed E-state index contributed by atoms with van der Waals surface area (Å²) in [5, 5.41) is 12.9. The number of rotatable bonds is 8. The van der Waals surface area contributed by atoms with E-state index < -0.39 is 0 Å². The highest BCUT2D eigenvalue weighted by molar-refractivity contribution is 5.94. The lowest BCUT2D eigenvalue weighted by atomic mass is 10.0. The topological polar surface area (TPSA) is 152 Å². The molecule has 2 aliphatic rings. The number of aromatic amines is 1. The second-order valence-corrected chi connectivity index (χ2v) is 10.3. The molecule has 4 heterocycles. The maximum Gasteiger partial charge on any atom is 0.407 e. The van der Waals surface area contributed by atoms with Gasteiger partial charge in [-0.1, -0.05) is 0 Å². The van der Waals surface area contributed by atoms with Crippen LogP contribution in [-0.2, 0) is 14.3 Å². The summed E-state index contributed by atoms with van der Waals surface area (Å²) in [4.78, 5) is 39.8. The number of ether oxygens (including phenoxy) is 2. The van der Waals surface area contributed by atoms with Gasteiger partial charge >= 0.3 is 6.09 Å². The molecule has 13 nitrogen and oxygen atoms in total. The third-order valence-electron chi connectivity index (χ3n) is 6.90. The van der Waals surface area contributed by atoms with Gasteiger partial charge in [-0.25, -0.2) is 19.7 Å². The van der Waals surface area contributed by atoms with Gasteiger partial charge in [0, 0.05) is 31.7 Å². The van der Waals surface area contributed by atoms with E-state index in [0.29, 0.717) is 29.2 Å². The van der Waals surface area contributed by atoms with Crippen LogP contribution in [0, 0.1) is 0 Å². The summed E-state index contributed by atoms with van der Waals surface area (Å²) < 4.78 is 13.3. The molecule has 1 aliphatic carbocycles. The van der Waals surface area contributed by atoms with Gasteiger partial charge in [0.2, 0.25) is 5.91 Å².